The summed E-state index contributed by atoms with van der Waals surface area (Å²) < 4.78 is 7.05. The number of ether oxygens (including phenoxy) is 1. The average Bonchev–Trinajstić information content (AvgIpc) is 3.37. The third-order valence-corrected chi connectivity index (χ3v) is 5.15. The molecule has 1 aliphatic rings. The molecule has 1 aromatic carbocycles. The molecule has 30 heavy (non-hydrogen) atoms. The normalized spacial score (nSPS) is 16.2. The molecule has 1 unspecified atom stereocenters. The number of carbonyl (C=O) groups is 1. The minimum atomic E-state index is 0. The van der Waals surface area contributed by atoms with Gasteiger partial charge in [-0.25, -0.2) is 4.99 Å². The molecule has 0 spiro atoms. The van der Waals surface area contributed by atoms with Crippen molar-refractivity contribution in [3.05, 3.63) is 47.8 Å². The summed E-state index contributed by atoms with van der Waals surface area (Å²) in [6, 6.07) is 7.88. The summed E-state index contributed by atoms with van der Waals surface area (Å²) in [5.41, 5.74) is 2.33. The van der Waals surface area contributed by atoms with Crippen LogP contribution >= 0.6 is 24.0 Å². The highest BCUT2D eigenvalue weighted by molar-refractivity contribution is 14.0. The van der Waals surface area contributed by atoms with Crippen LogP contribution in [0.1, 0.15) is 23.5 Å². The number of nitrogens with one attached hydrogen (secondary N) is 1. The molecule has 9 heteroatoms. The van der Waals surface area contributed by atoms with E-state index in [1.165, 1.54) is 5.56 Å². The fourth-order valence-corrected chi connectivity index (χ4v) is 3.35. The number of rotatable bonds is 6. The number of amides is 1. The van der Waals surface area contributed by atoms with Crippen LogP contribution in [-0.2, 0) is 18.4 Å². The van der Waals surface area contributed by atoms with Crippen molar-refractivity contribution in [3.8, 4) is 5.75 Å². The second-order valence-corrected chi connectivity index (χ2v) is 7.51. The van der Waals surface area contributed by atoms with Crippen LogP contribution in [-0.4, -0.2) is 72.3 Å². The number of nitrogens with zero attached hydrogens (tertiary/aromatic N) is 5. The SMILES string of the molecule is COc1ccc(CN=C(NCC(=O)N(C)C)N2CCC(c3cnn(C)c3)C2)cc1.I. The molecule has 0 saturated carbocycles. The molecule has 1 fully saturated rings. The number of aliphatic imine (C=N–C) groups is 1. The Morgan fingerprint density at radius 2 is 2.07 bits per heavy atom. The molecular formula is C21H31IN6O2. The number of guanidine groups is 1. The Labute approximate surface area is 195 Å². The van der Waals surface area contributed by atoms with Gasteiger partial charge in [-0.3, -0.25) is 9.48 Å². The zero-order valence-electron chi connectivity index (χ0n) is 18.0. The first-order chi connectivity index (χ1) is 14.0. The zero-order chi connectivity index (χ0) is 20.8. The topological polar surface area (TPSA) is 75.0 Å². The van der Waals surface area contributed by atoms with Crippen LogP contribution in [0, 0.1) is 0 Å². The molecule has 2 aromatic rings. The van der Waals surface area contributed by atoms with Gasteiger partial charge in [-0.05, 0) is 29.7 Å². The predicted molar refractivity (Wildman–Crippen MR) is 128 cm³/mol. The molecule has 1 aliphatic heterocycles. The van der Waals surface area contributed by atoms with Crippen LogP contribution in [0.15, 0.2) is 41.7 Å². The summed E-state index contributed by atoms with van der Waals surface area (Å²) in [7, 11) is 7.11. The first kappa shape index (κ1) is 24.0. The molecule has 8 nitrogen and oxygen atoms in total. The minimum absolute atomic E-state index is 0. The Bertz CT molecular complexity index is 849. The summed E-state index contributed by atoms with van der Waals surface area (Å²) in [5, 5.41) is 7.54. The minimum Gasteiger partial charge on any atom is -0.497 e. The van der Waals surface area contributed by atoms with Crippen LogP contribution in [0.3, 0.4) is 0 Å². The van der Waals surface area contributed by atoms with Crippen molar-refractivity contribution >= 4 is 35.8 Å². The molecule has 1 N–H and O–H groups in total. The monoisotopic (exact) mass is 526 g/mol. The van der Waals surface area contributed by atoms with E-state index in [9.17, 15) is 4.79 Å². The Morgan fingerprint density at radius 1 is 1.33 bits per heavy atom. The van der Waals surface area contributed by atoms with Crippen molar-refractivity contribution in [1.82, 2.24) is 24.9 Å². The predicted octanol–water partition coefficient (Wildman–Crippen LogP) is 2.07. The smallest absolute Gasteiger partial charge is 0.241 e. The number of hydrogen-bond acceptors (Lipinski definition) is 4. The van der Waals surface area contributed by atoms with Gasteiger partial charge >= 0.3 is 0 Å². The molecule has 2 heterocycles. The lowest BCUT2D eigenvalue weighted by atomic mass is 10.0. The molecule has 3 rings (SSSR count). The first-order valence-corrected chi connectivity index (χ1v) is 9.81. The second kappa shape index (κ2) is 11.2. The molecule has 1 aromatic heterocycles. The Balaban J connectivity index is 0.00000320. The van der Waals surface area contributed by atoms with Crippen molar-refractivity contribution in [2.75, 3.05) is 40.8 Å². The number of benzene rings is 1. The van der Waals surface area contributed by atoms with Gasteiger partial charge in [0, 0.05) is 46.3 Å². The highest BCUT2D eigenvalue weighted by Crippen LogP contribution is 2.26. The van der Waals surface area contributed by atoms with E-state index in [1.54, 1.807) is 26.1 Å². The Kier molecular flexibility index (Phi) is 8.94. The summed E-state index contributed by atoms with van der Waals surface area (Å²) in [6.45, 7) is 2.51. The summed E-state index contributed by atoms with van der Waals surface area (Å²) in [4.78, 5) is 20.7. The molecule has 1 saturated heterocycles. The molecule has 0 aliphatic carbocycles. The second-order valence-electron chi connectivity index (χ2n) is 7.51. The number of likely N-dealkylation sites (tertiary alicyclic amines) is 1. The maximum atomic E-state index is 12.1. The van der Waals surface area contributed by atoms with Crippen molar-refractivity contribution in [2.45, 2.75) is 18.9 Å². The van der Waals surface area contributed by atoms with Gasteiger partial charge in [0.15, 0.2) is 5.96 Å². The number of hydrogen-bond donors (Lipinski definition) is 1. The van der Waals surface area contributed by atoms with E-state index in [2.05, 4.69) is 21.5 Å². The lowest BCUT2D eigenvalue weighted by molar-refractivity contribution is -0.127. The number of aromatic nitrogens is 2. The molecule has 1 amide bonds. The Hall–Kier alpha value is -2.30. The zero-order valence-corrected chi connectivity index (χ0v) is 20.4. The lowest BCUT2D eigenvalue weighted by Gasteiger charge is -2.23. The third kappa shape index (κ3) is 6.35. The molecule has 164 valence electrons. The number of methoxy groups -OCH3 is 1. The van der Waals surface area contributed by atoms with Gasteiger partial charge in [-0.1, -0.05) is 12.1 Å². The standard InChI is InChI=1S/C21H30N6O2.HI/c1-25(2)20(28)13-23-21(22-11-16-5-7-19(29-4)8-6-16)27-10-9-17(15-27)18-12-24-26(3)14-18;/h5-8,12,14,17H,9-11,13,15H2,1-4H3,(H,22,23);1H. The van der Waals surface area contributed by atoms with Gasteiger partial charge in [-0.2, -0.15) is 5.10 Å². The summed E-state index contributed by atoms with van der Waals surface area (Å²) >= 11 is 0. The van der Waals surface area contributed by atoms with Crippen molar-refractivity contribution in [1.29, 1.82) is 0 Å². The van der Waals surface area contributed by atoms with Crippen molar-refractivity contribution in [3.63, 3.8) is 0 Å². The van der Waals surface area contributed by atoms with Gasteiger partial charge in [0.1, 0.15) is 5.75 Å². The maximum absolute atomic E-state index is 12.1. The van der Waals surface area contributed by atoms with Crippen LogP contribution in [0.4, 0.5) is 0 Å². The van der Waals surface area contributed by atoms with Crippen LogP contribution < -0.4 is 10.1 Å². The van der Waals surface area contributed by atoms with E-state index < -0.39 is 0 Å². The molecular weight excluding hydrogens is 495 g/mol. The van der Waals surface area contributed by atoms with Crippen molar-refractivity contribution in [2.24, 2.45) is 12.0 Å². The van der Waals surface area contributed by atoms with Crippen LogP contribution in [0.5, 0.6) is 5.75 Å². The van der Waals surface area contributed by atoms with Gasteiger partial charge in [0.2, 0.25) is 5.91 Å². The number of carbonyl (C=O) groups excluding carboxylic acids is 1. The van der Waals surface area contributed by atoms with E-state index in [4.69, 9.17) is 9.73 Å². The third-order valence-electron chi connectivity index (χ3n) is 5.15. The van der Waals surface area contributed by atoms with Gasteiger partial charge in [-0.15, -0.1) is 24.0 Å². The number of aryl methyl sites for hydroxylation is 1. The van der Waals surface area contributed by atoms with E-state index in [-0.39, 0.29) is 36.4 Å². The van der Waals surface area contributed by atoms with Crippen LogP contribution in [0.25, 0.3) is 0 Å². The van der Waals surface area contributed by atoms with E-state index >= 15 is 0 Å². The fourth-order valence-electron chi connectivity index (χ4n) is 3.35. The molecule has 0 bridgehead atoms. The highest BCUT2D eigenvalue weighted by atomic mass is 127. The van der Waals surface area contributed by atoms with Gasteiger partial charge < -0.3 is 19.9 Å². The van der Waals surface area contributed by atoms with Gasteiger partial charge in [0.25, 0.3) is 0 Å². The highest BCUT2D eigenvalue weighted by Gasteiger charge is 2.27. The average molecular weight is 526 g/mol. The molecule has 1 atom stereocenters. The summed E-state index contributed by atoms with van der Waals surface area (Å²) in [5.74, 6) is 2.03. The number of likely N-dealkylation sites (N-methyl/N-ethyl adjacent to an activating group) is 1. The largest absolute Gasteiger partial charge is 0.497 e. The fraction of sp³-hybridized carbons (Fsp3) is 0.476. The Morgan fingerprint density at radius 3 is 2.67 bits per heavy atom. The van der Waals surface area contributed by atoms with Gasteiger partial charge in [0.05, 0.1) is 26.4 Å². The summed E-state index contributed by atoms with van der Waals surface area (Å²) in [6.07, 6.45) is 5.05. The van der Waals surface area contributed by atoms with E-state index in [0.29, 0.717) is 12.5 Å². The maximum Gasteiger partial charge on any atom is 0.241 e. The van der Waals surface area contributed by atoms with E-state index in [1.807, 2.05) is 42.2 Å². The molecule has 0 radical (unpaired) electrons. The number of halogens is 1. The van der Waals surface area contributed by atoms with Crippen molar-refractivity contribution < 1.29 is 9.53 Å². The first-order valence-electron chi connectivity index (χ1n) is 9.81. The quantitative estimate of drug-likeness (QED) is 0.355. The lowest BCUT2D eigenvalue weighted by Crippen LogP contribution is -2.44. The van der Waals surface area contributed by atoms with E-state index in [0.717, 1.165) is 36.8 Å². The van der Waals surface area contributed by atoms with Crippen LogP contribution in [0.2, 0.25) is 0 Å².